The minimum Gasteiger partial charge on any atom is -0.381 e. The Kier molecular flexibility index (Phi) is 3.81. The molecule has 1 aromatic rings. The molecule has 0 spiro atoms. The van der Waals surface area contributed by atoms with E-state index < -0.39 is 6.10 Å². The number of benzene rings is 1. The van der Waals surface area contributed by atoms with Crippen molar-refractivity contribution in [1.82, 2.24) is 0 Å². The highest BCUT2D eigenvalue weighted by atomic mass is 16.3. The van der Waals surface area contributed by atoms with Crippen LogP contribution in [0.3, 0.4) is 0 Å². The largest absolute Gasteiger partial charge is 0.381 e. The molecule has 1 N–H and O–H groups in total. The van der Waals surface area contributed by atoms with Gasteiger partial charge in [-0.25, -0.2) is 0 Å². The SMILES string of the molecule is CC(O)C#CC=Cc1ccccc1. The van der Waals surface area contributed by atoms with Crippen molar-refractivity contribution in [2.24, 2.45) is 0 Å². The Hall–Kier alpha value is -1.52. The zero-order valence-electron chi connectivity index (χ0n) is 7.57. The van der Waals surface area contributed by atoms with Crippen molar-refractivity contribution < 1.29 is 5.11 Å². The van der Waals surface area contributed by atoms with Crippen molar-refractivity contribution in [1.29, 1.82) is 0 Å². The lowest BCUT2D eigenvalue weighted by Gasteiger charge is -1.88. The fraction of sp³-hybridized carbons (Fsp3) is 0.167. The third kappa shape index (κ3) is 4.15. The molecule has 0 amide bonds. The lowest BCUT2D eigenvalue weighted by atomic mass is 10.2. The lowest BCUT2D eigenvalue weighted by molar-refractivity contribution is 0.253. The van der Waals surface area contributed by atoms with Crippen molar-refractivity contribution in [2.45, 2.75) is 13.0 Å². The normalized spacial score (nSPS) is 12.2. The van der Waals surface area contributed by atoms with Gasteiger partial charge in [-0.1, -0.05) is 42.2 Å². The van der Waals surface area contributed by atoms with E-state index in [9.17, 15) is 0 Å². The molecule has 0 aromatic heterocycles. The Morgan fingerprint density at radius 3 is 2.62 bits per heavy atom. The molecule has 1 aromatic carbocycles. The number of aliphatic hydroxyl groups excluding tert-OH is 1. The predicted molar refractivity (Wildman–Crippen MR) is 54.9 cm³/mol. The van der Waals surface area contributed by atoms with Crippen molar-refractivity contribution >= 4 is 6.08 Å². The topological polar surface area (TPSA) is 20.2 Å². The number of hydrogen-bond donors (Lipinski definition) is 1. The molecular weight excluding hydrogens is 160 g/mol. The van der Waals surface area contributed by atoms with Gasteiger partial charge >= 0.3 is 0 Å². The second-order valence-electron chi connectivity index (χ2n) is 2.71. The molecule has 0 fully saturated rings. The number of hydrogen-bond acceptors (Lipinski definition) is 1. The van der Waals surface area contributed by atoms with Crippen molar-refractivity contribution in [3.05, 3.63) is 42.0 Å². The first-order valence-corrected chi connectivity index (χ1v) is 4.20. The summed E-state index contributed by atoms with van der Waals surface area (Å²) in [6.07, 6.45) is 3.10. The van der Waals surface area contributed by atoms with E-state index in [4.69, 9.17) is 5.11 Å². The molecule has 66 valence electrons. The third-order valence-electron chi connectivity index (χ3n) is 1.45. The lowest BCUT2D eigenvalue weighted by Crippen LogP contribution is -1.91. The summed E-state index contributed by atoms with van der Waals surface area (Å²) in [5, 5.41) is 8.84. The van der Waals surface area contributed by atoms with Crippen LogP contribution in [0.5, 0.6) is 0 Å². The Morgan fingerprint density at radius 2 is 2.00 bits per heavy atom. The molecule has 0 aliphatic carbocycles. The van der Waals surface area contributed by atoms with Crippen molar-refractivity contribution in [2.75, 3.05) is 0 Å². The van der Waals surface area contributed by atoms with Gasteiger partial charge in [0, 0.05) is 0 Å². The number of allylic oxidation sites excluding steroid dienone is 1. The molecule has 1 heteroatoms. The zero-order valence-corrected chi connectivity index (χ0v) is 7.57. The summed E-state index contributed by atoms with van der Waals surface area (Å²) in [4.78, 5) is 0. The smallest absolute Gasteiger partial charge is 0.112 e. The van der Waals surface area contributed by atoms with E-state index in [0.29, 0.717) is 0 Å². The van der Waals surface area contributed by atoms with Gasteiger partial charge in [0.25, 0.3) is 0 Å². The van der Waals surface area contributed by atoms with Gasteiger partial charge in [0.15, 0.2) is 0 Å². The van der Waals surface area contributed by atoms with E-state index >= 15 is 0 Å². The Morgan fingerprint density at radius 1 is 1.31 bits per heavy atom. The molecule has 0 bridgehead atoms. The number of aliphatic hydroxyl groups is 1. The van der Waals surface area contributed by atoms with E-state index in [1.807, 2.05) is 36.4 Å². The van der Waals surface area contributed by atoms with Crippen LogP contribution in [0.15, 0.2) is 36.4 Å². The highest BCUT2D eigenvalue weighted by Crippen LogP contribution is 1.99. The summed E-state index contributed by atoms with van der Waals surface area (Å²) in [7, 11) is 0. The van der Waals surface area contributed by atoms with Gasteiger partial charge < -0.3 is 5.11 Å². The van der Waals surface area contributed by atoms with Gasteiger partial charge in [-0.2, -0.15) is 0 Å². The van der Waals surface area contributed by atoms with Gasteiger partial charge in [0.05, 0.1) is 0 Å². The molecule has 0 heterocycles. The van der Waals surface area contributed by atoms with Gasteiger partial charge in [-0.15, -0.1) is 0 Å². The van der Waals surface area contributed by atoms with Gasteiger partial charge in [0.1, 0.15) is 6.10 Å². The van der Waals surface area contributed by atoms with E-state index in [2.05, 4.69) is 11.8 Å². The summed E-state index contributed by atoms with van der Waals surface area (Å²) in [5.41, 5.74) is 1.11. The van der Waals surface area contributed by atoms with E-state index in [0.717, 1.165) is 5.56 Å². The Bertz CT molecular complexity index is 325. The zero-order chi connectivity index (χ0) is 9.52. The van der Waals surface area contributed by atoms with E-state index in [-0.39, 0.29) is 0 Å². The fourth-order valence-corrected chi connectivity index (χ4v) is 0.871. The van der Waals surface area contributed by atoms with E-state index in [1.54, 1.807) is 13.0 Å². The van der Waals surface area contributed by atoms with Gasteiger partial charge in [-0.3, -0.25) is 0 Å². The van der Waals surface area contributed by atoms with Crippen LogP contribution in [0.2, 0.25) is 0 Å². The van der Waals surface area contributed by atoms with Crippen LogP contribution in [0.4, 0.5) is 0 Å². The maximum atomic E-state index is 8.84. The molecule has 1 nitrogen and oxygen atoms in total. The third-order valence-corrected chi connectivity index (χ3v) is 1.45. The molecule has 0 radical (unpaired) electrons. The summed E-state index contributed by atoms with van der Waals surface area (Å²) in [6.45, 7) is 1.64. The van der Waals surface area contributed by atoms with Crippen molar-refractivity contribution in [3.8, 4) is 11.8 Å². The molecule has 0 aliphatic rings. The minimum atomic E-state index is -0.555. The first kappa shape index (κ1) is 9.57. The molecular formula is C12H12O. The fourth-order valence-electron chi connectivity index (χ4n) is 0.871. The minimum absolute atomic E-state index is 0.555. The van der Waals surface area contributed by atoms with Crippen LogP contribution >= 0.6 is 0 Å². The monoisotopic (exact) mass is 172 g/mol. The van der Waals surface area contributed by atoms with E-state index in [1.165, 1.54) is 0 Å². The maximum absolute atomic E-state index is 8.84. The summed E-state index contributed by atoms with van der Waals surface area (Å²) in [5.74, 6) is 5.39. The maximum Gasteiger partial charge on any atom is 0.112 e. The quantitative estimate of drug-likeness (QED) is 0.643. The van der Waals surface area contributed by atoms with Gasteiger partial charge in [-0.05, 0) is 24.6 Å². The molecule has 1 rings (SSSR count). The standard InChI is InChI=1S/C12H12O/c1-11(13)7-5-6-10-12-8-3-2-4-9-12/h2-4,6,8-11,13H,1H3. The predicted octanol–water partition coefficient (Wildman–Crippen LogP) is 2.08. The van der Waals surface area contributed by atoms with Crippen LogP contribution in [0.1, 0.15) is 12.5 Å². The first-order chi connectivity index (χ1) is 6.29. The number of rotatable bonds is 1. The van der Waals surface area contributed by atoms with Crippen molar-refractivity contribution in [3.63, 3.8) is 0 Å². The summed E-state index contributed by atoms with van der Waals surface area (Å²) >= 11 is 0. The molecule has 0 saturated heterocycles. The average Bonchev–Trinajstić information content (AvgIpc) is 2.14. The second-order valence-corrected chi connectivity index (χ2v) is 2.71. The molecule has 0 aliphatic heterocycles. The van der Waals surface area contributed by atoms with Crippen LogP contribution in [-0.4, -0.2) is 11.2 Å². The molecule has 0 saturated carbocycles. The second kappa shape index (κ2) is 5.18. The average molecular weight is 172 g/mol. The van der Waals surface area contributed by atoms with Crippen LogP contribution < -0.4 is 0 Å². The summed E-state index contributed by atoms with van der Waals surface area (Å²) in [6, 6.07) is 9.92. The summed E-state index contributed by atoms with van der Waals surface area (Å²) < 4.78 is 0. The van der Waals surface area contributed by atoms with Gasteiger partial charge in [0.2, 0.25) is 0 Å². The highest BCUT2D eigenvalue weighted by molar-refractivity contribution is 5.52. The highest BCUT2D eigenvalue weighted by Gasteiger charge is 1.81. The Labute approximate surface area is 78.7 Å². The first-order valence-electron chi connectivity index (χ1n) is 4.20. The van der Waals surface area contributed by atoms with Crippen LogP contribution in [-0.2, 0) is 0 Å². The molecule has 1 unspecified atom stereocenters. The molecule has 1 atom stereocenters. The van der Waals surface area contributed by atoms with Crippen LogP contribution in [0, 0.1) is 11.8 Å². The van der Waals surface area contributed by atoms with Crippen LogP contribution in [0.25, 0.3) is 6.08 Å². The Balaban J connectivity index is 2.57. The molecule has 13 heavy (non-hydrogen) atoms.